The third kappa shape index (κ3) is 5.28. The summed E-state index contributed by atoms with van der Waals surface area (Å²) >= 11 is 0. The SMILES string of the molecule is COCCNCCNc1cc(C(N)=O)ccn1. The van der Waals surface area contributed by atoms with Gasteiger partial charge in [0.1, 0.15) is 5.82 Å². The van der Waals surface area contributed by atoms with E-state index in [1.165, 1.54) is 0 Å². The predicted octanol–water partition coefficient (Wildman–Crippen LogP) is -0.172. The summed E-state index contributed by atoms with van der Waals surface area (Å²) in [5.74, 6) is 0.198. The molecule has 0 radical (unpaired) electrons. The van der Waals surface area contributed by atoms with Crippen LogP contribution in [0, 0.1) is 0 Å². The summed E-state index contributed by atoms with van der Waals surface area (Å²) < 4.78 is 4.90. The van der Waals surface area contributed by atoms with Gasteiger partial charge in [-0.2, -0.15) is 0 Å². The smallest absolute Gasteiger partial charge is 0.248 e. The molecular weight excluding hydrogens is 220 g/mol. The van der Waals surface area contributed by atoms with Crippen molar-refractivity contribution in [3.05, 3.63) is 23.9 Å². The third-order valence-corrected chi connectivity index (χ3v) is 2.14. The first-order chi connectivity index (χ1) is 8.24. The Balaban J connectivity index is 2.27. The molecule has 1 aromatic rings. The van der Waals surface area contributed by atoms with Crippen LogP contribution < -0.4 is 16.4 Å². The average molecular weight is 238 g/mol. The third-order valence-electron chi connectivity index (χ3n) is 2.14. The lowest BCUT2D eigenvalue weighted by molar-refractivity contribution is 0.1000. The maximum absolute atomic E-state index is 10.9. The topological polar surface area (TPSA) is 89.3 Å². The number of hydrogen-bond acceptors (Lipinski definition) is 5. The highest BCUT2D eigenvalue weighted by Crippen LogP contribution is 2.05. The number of primary amides is 1. The van der Waals surface area contributed by atoms with Crippen molar-refractivity contribution >= 4 is 11.7 Å². The van der Waals surface area contributed by atoms with Crippen LogP contribution >= 0.6 is 0 Å². The van der Waals surface area contributed by atoms with Crippen molar-refractivity contribution in [3.63, 3.8) is 0 Å². The number of ether oxygens (including phenoxy) is 1. The average Bonchev–Trinajstić information content (AvgIpc) is 2.34. The Labute approximate surface area is 101 Å². The number of carbonyl (C=O) groups is 1. The Morgan fingerprint density at radius 2 is 2.29 bits per heavy atom. The van der Waals surface area contributed by atoms with Gasteiger partial charge in [0.25, 0.3) is 0 Å². The van der Waals surface area contributed by atoms with Crippen LogP contribution in [0.15, 0.2) is 18.3 Å². The summed E-state index contributed by atoms with van der Waals surface area (Å²) in [6.45, 7) is 3.02. The monoisotopic (exact) mass is 238 g/mol. The predicted molar refractivity (Wildman–Crippen MR) is 66.0 cm³/mol. The summed E-state index contributed by atoms with van der Waals surface area (Å²) in [4.78, 5) is 15.0. The molecule has 0 aromatic carbocycles. The molecule has 6 nitrogen and oxygen atoms in total. The number of nitrogens with one attached hydrogen (secondary N) is 2. The van der Waals surface area contributed by atoms with E-state index in [1.807, 2.05) is 0 Å². The number of nitrogens with zero attached hydrogens (tertiary/aromatic N) is 1. The molecule has 0 unspecified atom stereocenters. The van der Waals surface area contributed by atoms with Crippen LogP contribution in [0.3, 0.4) is 0 Å². The normalized spacial score (nSPS) is 10.2. The van der Waals surface area contributed by atoms with Gasteiger partial charge in [-0.3, -0.25) is 4.79 Å². The van der Waals surface area contributed by atoms with Gasteiger partial charge < -0.3 is 21.1 Å². The van der Waals surface area contributed by atoms with E-state index in [0.717, 1.165) is 19.6 Å². The number of rotatable bonds is 8. The zero-order valence-corrected chi connectivity index (χ0v) is 9.90. The van der Waals surface area contributed by atoms with Crippen LogP contribution in [-0.2, 0) is 4.74 Å². The van der Waals surface area contributed by atoms with Gasteiger partial charge >= 0.3 is 0 Å². The molecule has 4 N–H and O–H groups in total. The van der Waals surface area contributed by atoms with Crippen LogP contribution in [0.25, 0.3) is 0 Å². The van der Waals surface area contributed by atoms with E-state index in [9.17, 15) is 4.79 Å². The van der Waals surface area contributed by atoms with Crippen molar-refractivity contribution in [2.24, 2.45) is 5.73 Å². The molecule has 0 aliphatic heterocycles. The van der Waals surface area contributed by atoms with Gasteiger partial charge in [0, 0.05) is 38.5 Å². The summed E-state index contributed by atoms with van der Waals surface area (Å²) in [5, 5.41) is 6.28. The van der Waals surface area contributed by atoms with Crippen LogP contribution in [0.1, 0.15) is 10.4 Å². The number of carbonyl (C=O) groups excluding carboxylic acids is 1. The van der Waals surface area contributed by atoms with Gasteiger partial charge in [0.05, 0.1) is 6.61 Å². The number of amides is 1. The first kappa shape index (κ1) is 13.4. The Morgan fingerprint density at radius 1 is 1.47 bits per heavy atom. The molecule has 0 bridgehead atoms. The highest BCUT2D eigenvalue weighted by Gasteiger charge is 2.01. The molecule has 0 aliphatic carbocycles. The zero-order chi connectivity index (χ0) is 12.5. The van der Waals surface area contributed by atoms with Crippen LogP contribution in [0.5, 0.6) is 0 Å². The van der Waals surface area contributed by atoms with Gasteiger partial charge in [-0.05, 0) is 12.1 Å². The van der Waals surface area contributed by atoms with Gasteiger partial charge in [0.2, 0.25) is 5.91 Å². The molecule has 0 saturated heterocycles. The van der Waals surface area contributed by atoms with Gasteiger partial charge in [-0.1, -0.05) is 0 Å². The largest absolute Gasteiger partial charge is 0.383 e. The fraction of sp³-hybridized carbons (Fsp3) is 0.455. The second-order valence-corrected chi connectivity index (χ2v) is 3.46. The van der Waals surface area contributed by atoms with Crippen LogP contribution in [0.4, 0.5) is 5.82 Å². The number of nitrogens with two attached hydrogens (primary N) is 1. The quantitative estimate of drug-likeness (QED) is 0.547. The van der Waals surface area contributed by atoms with E-state index >= 15 is 0 Å². The number of aromatic nitrogens is 1. The Bertz CT molecular complexity index is 357. The van der Waals surface area contributed by atoms with Crippen molar-refractivity contribution in [3.8, 4) is 0 Å². The van der Waals surface area contributed by atoms with Crippen molar-refractivity contribution < 1.29 is 9.53 Å². The molecule has 1 aromatic heterocycles. The van der Waals surface area contributed by atoms with E-state index in [2.05, 4.69) is 15.6 Å². The summed E-state index contributed by atoms with van der Waals surface area (Å²) in [6.07, 6.45) is 1.56. The second kappa shape index (κ2) is 7.59. The minimum absolute atomic E-state index is 0.450. The fourth-order valence-electron chi connectivity index (χ4n) is 1.26. The molecule has 0 spiro atoms. The fourth-order valence-corrected chi connectivity index (χ4v) is 1.26. The maximum Gasteiger partial charge on any atom is 0.248 e. The summed E-state index contributed by atoms with van der Waals surface area (Å²) in [7, 11) is 1.67. The molecule has 0 aliphatic rings. The Hall–Kier alpha value is -1.66. The van der Waals surface area contributed by atoms with E-state index in [1.54, 1.807) is 25.4 Å². The summed E-state index contributed by atoms with van der Waals surface area (Å²) in [5.41, 5.74) is 5.63. The molecule has 0 saturated carbocycles. The van der Waals surface area contributed by atoms with E-state index in [4.69, 9.17) is 10.5 Å². The highest BCUT2D eigenvalue weighted by molar-refractivity contribution is 5.93. The van der Waals surface area contributed by atoms with Crippen molar-refractivity contribution in [2.75, 3.05) is 38.7 Å². The Kier molecular flexibility index (Phi) is 5.98. The van der Waals surface area contributed by atoms with Gasteiger partial charge in [0.15, 0.2) is 0 Å². The van der Waals surface area contributed by atoms with Crippen LogP contribution in [-0.4, -0.2) is 44.2 Å². The molecule has 0 atom stereocenters. The maximum atomic E-state index is 10.9. The van der Waals surface area contributed by atoms with E-state index < -0.39 is 5.91 Å². The first-order valence-electron chi connectivity index (χ1n) is 5.43. The van der Waals surface area contributed by atoms with Crippen molar-refractivity contribution in [1.29, 1.82) is 0 Å². The lowest BCUT2D eigenvalue weighted by Gasteiger charge is -2.07. The van der Waals surface area contributed by atoms with Gasteiger partial charge in [-0.15, -0.1) is 0 Å². The molecular formula is C11H18N4O2. The van der Waals surface area contributed by atoms with E-state index in [0.29, 0.717) is 18.0 Å². The lowest BCUT2D eigenvalue weighted by Crippen LogP contribution is -2.25. The molecule has 94 valence electrons. The zero-order valence-electron chi connectivity index (χ0n) is 9.90. The van der Waals surface area contributed by atoms with Crippen LogP contribution in [0.2, 0.25) is 0 Å². The number of hydrogen-bond donors (Lipinski definition) is 3. The number of pyridine rings is 1. The minimum atomic E-state index is -0.450. The van der Waals surface area contributed by atoms with Crippen molar-refractivity contribution in [1.82, 2.24) is 10.3 Å². The van der Waals surface area contributed by atoms with E-state index in [-0.39, 0.29) is 0 Å². The first-order valence-corrected chi connectivity index (χ1v) is 5.43. The molecule has 6 heteroatoms. The van der Waals surface area contributed by atoms with Gasteiger partial charge in [-0.25, -0.2) is 4.98 Å². The lowest BCUT2D eigenvalue weighted by atomic mass is 10.2. The molecule has 1 amide bonds. The highest BCUT2D eigenvalue weighted by atomic mass is 16.5. The standard InChI is InChI=1S/C11H18N4O2/c1-17-7-6-13-4-5-15-10-8-9(11(12)16)2-3-14-10/h2-3,8,13H,4-7H2,1H3,(H2,12,16)(H,14,15). The minimum Gasteiger partial charge on any atom is -0.383 e. The molecule has 0 fully saturated rings. The second-order valence-electron chi connectivity index (χ2n) is 3.46. The molecule has 17 heavy (non-hydrogen) atoms. The molecule has 1 rings (SSSR count). The summed E-state index contributed by atoms with van der Waals surface area (Å²) in [6, 6.07) is 3.22. The number of methoxy groups -OCH3 is 1. The molecule has 1 heterocycles. The number of anilines is 1. The van der Waals surface area contributed by atoms with Crippen molar-refractivity contribution in [2.45, 2.75) is 0 Å². The Morgan fingerprint density at radius 3 is 3.00 bits per heavy atom.